The zero-order chi connectivity index (χ0) is 16.5. The van der Waals surface area contributed by atoms with Crippen LogP contribution in [-0.2, 0) is 23.1 Å². The molecular weight excluding hydrogens is 297 g/mol. The summed E-state index contributed by atoms with van der Waals surface area (Å²) in [7, 11) is -2.33. The van der Waals surface area contributed by atoms with Gasteiger partial charge < -0.3 is 23.2 Å². The van der Waals surface area contributed by atoms with E-state index in [2.05, 4.69) is 11.1 Å². The lowest BCUT2D eigenvalue weighted by Gasteiger charge is -2.33. The number of hydrogen-bond donors (Lipinski definition) is 0. The van der Waals surface area contributed by atoms with Crippen LogP contribution < -0.4 is 4.89 Å². The molecule has 0 spiro atoms. The van der Waals surface area contributed by atoms with E-state index in [9.17, 15) is 14.3 Å². The van der Waals surface area contributed by atoms with Crippen molar-refractivity contribution in [3.63, 3.8) is 0 Å². The monoisotopic (exact) mass is 323 g/mol. The molecule has 0 saturated carbocycles. The van der Waals surface area contributed by atoms with Crippen LogP contribution in [0.1, 0.15) is 20.8 Å². The number of phosphoric ester groups is 1. The van der Waals surface area contributed by atoms with Gasteiger partial charge in [-0.1, -0.05) is 6.58 Å². The molecule has 0 aliphatic heterocycles. The van der Waals surface area contributed by atoms with Crippen molar-refractivity contribution in [2.45, 2.75) is 20.8 Å². The fourth-order valence-electron chi connectivity index (χ4n) is 1.36. The normalized spacial score (nSPS) is 14.5. The van der Waals surface area contributed by atoms with E-state index in [0.29, 0.717) is 6.54 Å². The van der Waals surface area contributed by atoms with Gasteiger partial charge in [0.25, 0.3) is 7.82 Å². The number of carbonyl (C=O) groups is 1. The lowest BCUT2D eigenvalue weighted by atomic mass is 10.4. The summed E-state index contributed by atoms with van der Waals surface area (Å²) in [5.41, 5.74) is 0.243. The standard InChI is InChI=1S/C13H26NO6P/c1-6-14(5,7-2)8-9-19-21(16,17)20-11-10-18-13(15)12(3)4/h3,6-11H2,1-2,4-5H3. The Kier molecular flexibility index (Phi) is 9.01. The molecule has 124 valence electrons. The Morgan fingerprint density at radius 3 is 2.19 bits per heavy atom. The van der Waals surface area contributed by atoms with Crippen LogP contribution in [0, 0.1) is 0 Å². The number of rotatable bonds is 11. The van der Waals surface area contributed by atoms with Gasteiger partial charge in [-0.05, 0) is 20.8 Å². The van der Waals surface area contributed by atoms with Gasteiger partial charge in [0, 0.05) is 5.57 Å². The van der Waals surface area contributed by atoms with E-state index in [1.54, 1.807) is 0 Å². The fraction of sp³-hybridized carbons (Fsp3) is 0.769. The summed E-state index contributed by atoms with van der Waals surface area (Å²) in [5, 5.41) is 0. The van der Waals surface area contributed by atoms with E-state index in [-0.39, 0.29) is 25.4 Å². The van der Waals surface area contributed by atoms with E-state index < -0.39 is 13.8 Å². The van der Waals surface area contributed by atoms with Crippen molar-refractivity contribution in [1.82, 2.24) is 0 Å². The maximum absolute atomic E-state index is 11.5. The zero-order valence-electron chi connectivity index (χ0n) is 13.3. The Hall–Kier alpha value is -0.720. The van der Waals surface area contributed by atoms with Crippen molar-refractivity contribution < 1.29 is 32.5 Å². The van der Waals surface area contributed by atoms with Crippen LogP contribution in [0.15, 0.2) is 12.2 Å². The predicted molar refractivity (Wildman–Crippen MR) is 77.4 cm³/mol. The Balaban J connectivity index is 3.97. The lowest BCUT2D eigenvalue weighted by molar-refractivity contribution is -0.906. The SMILES string of the molecule is C=C(C)C(=O)OCCOP(=O)([O-])OCC[N+](C)(CC)CC. The van der Waals surface area contributed by atoms with Gasteiger partial charge in [0.15, 0.2) is 0 Å². The first-order valence-electron chi connectivity index (χ1n) is 6.92. The van der Waals surface area contributed by atoms with Crippen molar-refractivity contribution in [3.05, 3.63) is 12.2 Å². The minimum atomic E-state index is -4.36. The molecule has 0 N–H and O–H groups in total. The van der Waals surface area contributed by atoms with Crippen molar-refractivity contribution in [2.24, 2.45) is 0 Å². The smallest absolute Gasteiger partial charge is 0.333 e. The molecule has 0 aromatic rings. The van der Waals surface area contributed by atoms with Crippen molar-refractivity contribution >= 4 is 13.8 Å². The third-order valence-electron chi connectivity index (χ3n) is 3.32. The second kappa shape index (κ2) is 9.33. The summed E-state index contributed by atoms with van der Waals surface area (Å²) < 4.78 is 26.3. The highest BCUT2D eigenvalue weighted by Crippen LogP contribution is 2.37. The van der Waals surface area contributed by atoms with Gasteiger partial charge in [0.2, 0.25) is 0 Å². The molecule has 8 heteroatoms. The first kappa shape index (κ1) is 20.3. The van der Waals surface area contributed by atoms with E-state index in [0.717, 1.165) is 17.6 Å². The van der Waals surface area contributed by atoms with Crippen molar-refractivity contribution in [1.29, 1.82) is 0 Å². The number of esters is 1. The van der Waals surface area contributed by atoms with Crippen LogP contribution in [0.25, 0.3) is 0 Å². The van der Waals surface area contributed by atoms with Crippen LogP contribution in [-0.4, -0.2) is 57.0 Å². The summed E-state index contributed by atoms with van der Waals surface area (Å²) >= 11 is 0. The molecule has 21 heavy (non-hydrogen) atoms. The van der Waals surface area contributed by atoms with Crippen LogP contribution in [0.3, 0.4) is 0 Å². The van der Waals surface area contributed by atoms with E-state index >= 15 is 0 Å². The molecular formula is C13H26NO6P. The van der Waals surface area contributed by atoms with Crippen molar-refractivity contribution in [3.8, 4) is 0 Å². The molecule has 0 amide bonds. The Morgan fingerprint density at radius 2 is 1.71 bits per heavy atom. The number of hydrogen-bond acceptors (Lipinski definition) is 6. The highest BCUT2D eigenvalue weighted by Gasteiger charge is 2.18. The van der Waals surface area contributed by atoms with Crippen LogP contribution in [0.5, 0.6) is 0 Å². The van der Waals surface area contributed by atoms with E-state index in [1.165, 1.54) is 6.92 Å². The minimum Gasteiger partial charge on any atom is -0.756 e. The van der Waals surface area contributed by atoms with E-state index in [1.807, 2.05) is 20.9 Å². The molecule has 7 nitrogen and oxygen atoms in total. The summed E-state index contributed by atoms with van der Waals surface area (Å²) in [4.78, 5) is 22.5. The van der Waals surface area contributed by atoms with Crippen LogP contribution >= 0.6 is 7.82 Å². The van der Waals surface area contributed by atoms with E-state index in [4.69, 9.17) is 9.26 Å². The number of ether oxygens (including phenoxy) is 1. The molecule has 1 atom stereocenters. The molecule has 0 saturated heterocycles. The van der Waals surface area contributed by atoms with Gasteiger partial charge >= 0.3 is 5.97 Å². The molecule has 0 aromatic carbocycles. The molecule has 0 aromatic heterocycles. The lowest BCUT2D eigenvalue weighted by Crippen LogP contribution is -2.45. The summed E-state index contributed by atoms with van der Waals surface area (Å²) in [6, 6.07) is 0. The maximum atomic E-state index is 11.5. The molecule has 0 bridgehead atoms. The Labute approximate surface area is 126 Å². The Morgan fingerprint density at radius 1 is 1.19 bits per heavy atom. The molecule has 0 rings (SSSR count). The third-order valence-corrected chi connectivity index (χ3v) is 4.32. The average molecular weight is 323 g/mol. The molecule has 0 aliphatic carbocycles. The van der Waals surface area contributed by atoms with Gasteiger partial charge in [0.1, 0.15) is 19.8 Å². The minimum absolute atomic E-state index is 0.0600. The number of nitrogens with zero attached hydrogens (tertiary/aromatic N) is 1. The van der Waals surface area contributed by atoms with Crippen LogP contribution in [0.4, 0.5) is 0 Å². The number of likely N-dealkylation sites (N-methyl/N-ethyl adjacent to an activating group) is 1. The predicted octanol–water partition coefficient (Wildman–Crippen LogP) is 1.09. The summed E-state index contributed by atoms with van der Waals surface area (Å²) in [6.45, 7) is 11.0. The van der Waals surface area contributed by atoms with Gasteiger partial charge in [0.05, 0.1) is 26.7 Å². The first-order chi connectivity index (χ1) is 9.66. The van der Waals surface area contributed by atoms with Gasteiger partial charge in [-0.3, -0.25) is 4.57 Å². The summed E-state index contributed by atoms with van der Waals surface area (Å²) in [6.07, 6.45) is 0. The van der Waals surface area contributed by atoms with Crippen LogP contribution in [0.2, 0.25) is 0 Å². The molecule has 0 aliphatic rings. The molecule has 1 unspecified atom stereocenters. The van der Waals surface area contributed by atoms with Crippen molar-refractivity contribution in [2.75, 3.05) is 46.5 Å². The number of quaternary nitrogens is 1. The Bertz CT molecular complexity index is 394. The highest BCUT2D eigenvalue weighted by molar-refractivity contribution is 7.45. The fourth-order valence-corrected chi connectivity index (χ4v) is 2.03. The average Bonchev–Trinajstić information content (AvgIpc) is 2.42. The highest BCUT2D eigenvalue weighted by atomic mass is 31.2. The second-order valence-corrected chi connectivity index (χ2v) is 6.42. The maximum Gasteiger partial charge on any atom is 0.333 e. The first-order valence-corrected chi connectivity index (χ1v) is 8.38. The molecule has 0 heterocycles. The summed E-state index contributed by atoms with van der Waals surface area (Å²) in [5.74, 6) is -0.584. The van der Waals surface area contributed by atoms with Gasteiger partial charge in [-0.25, -0.2) is 4.79 Å². The molecule has 0 radical (unpaired) electrons. The molecule has 0 fully saturated rings. The van der Waals surface area contributed by atoms with Gasteiger partial charge in [-0.15, -0.1) is 0 Å². The third kappa shape index (κ3) is 9.01. The van der Waals surface area contributed by atoms with Gasteiger partial charge in [-0.2, -0.15) is 0 Å². The largest absolute Gasteiger partial charge is 0.756 e. The quantitative estimate of drug-likeness (QED) is 0.186. The topological polar surface area (TPSA) is 84.9 Å². The second-order valence-electron chi connectivity index (χ2n) is 5.01. The number of phosphoric acid groups is 1. The number of carbonyl (C=O) groups excluding carboxylic acids is 1. The zero-order valence-corrected chi connectivity index (χ0v) is 14.2.